The molecule has 2 nitrogen and oxygen atoms in total. The van der Waals surface area contributed by atoms with Gasteiger partial charge in [-0.25, -0.2) is 0 Å². The molecule has 0 aliphatic heterocycles. The largest absolute Gasteiger partial charge is 0.481 e. The monoisotopic (exact) mass is 244 g/mol. The molecule has 1 N–H and O–H groups in total. The first-order chi connectivity index (χ1) is 8.51. The summed E-state index contributed by atoms with van der Waals surface area (Å²) in [6.07, 6.45) is 16.3. The maximum Gasteiger partial charge on any atom is 0.313 e. The molecule has 3 unspecified atom stereocenters. The van der Waals surface area contributed by atoms with E-state index in [0.29, 0.717) is 11.8 Å². The minimum absolute atomic E-state index is 0.331. The van der Waals surface area contributed by atoms with Gasteiger partial charge in [-0.05, 0) is 50.4 Å². The van der Waals surface area contributed by atoms with E-state index < -0.39 is 11.4 Å². The van der Waals surface area contributed by atoms with Crippen molar-refractivity contribution in [2.75, 3.05) is 0 Å². The maximum atomic E-state index is 11.3. The van der Waals surface area contributed by atoms with Crippen LogP contribution in [0.4, 0.5) is 0 Å². The highest BCUT2D eigenvalue weighted by Crippen LogP contribution is 2.53. The van der Waals surface area contributed by atoms with E-state index in [1.54, 1.807) is 0 Å². The molecule has 0 heterocycles. The van der Waals surface area contributed by atoms with Crippen LogP contribution in [-0.4, -0.2) is 11.1 Å². The van der Waals surface area contributed by atoms with Crippen LogP contribution in [0.25, 0.3) is 0 Å². The van der Waals surface area contributed by atoms with E-state index in [9.17, 15) is 9.90 Å². The molecule has 96 valence electrons. The minimum Gasteiger partial charge on any atom is -0.481 e. The van der Waals surface area contributed by atoms with E-state index in [-0.39, 0.29) is 0 Å². The van der Waals surface area contributed by atoms with Crippen molar-refractivity contribution in [1.29, 1.82) is 0 Å². The Kier molecular flexibility index (Phi) is 2.51. The fourth-order valence-electron chi connectivity index (χ4n) is 3.71. The lowest BCUT2D eigenvalue weighted by Gasteiger charge is -2.29. The molecule has 1 saturated carbocycles. The molecule has 2 bridgehead atoms. The molecule has 3 rings (SSSR count). The second kappa shape index (κ2) is 3.84. The maximum absolute atomic E-state index is 11.3. The Morgan fingerprint density at radius 2 is 2.39 bits per heavy atom. The van der Waals surface area contributed by atoms with E-state index in [4.69, 9.17) is 0 Å². The van der Waals surface area contributed by atoms with Gasteiger partial charge in [-0.2, -0.15) is 0 Å². The van der Waals surface area contributed by atoms with Gasteiger partial charge >= 0.3 is 5.97 Å². The smallest absolute Gasteiger partial charge is 0.313 e. The summed E-state index contributed by atoms with van der Waals surface area (Å²) in [4.78, 5) is 11.3. The summed E-state index contributed by atoms with van der Waals surface area (Å²) >= 11 is 0. The summed E-state index contributed by atoms with van der Waals surface area (Å²) in [6.45, 7) is 1.82. The topological polar surface area (TPSA) is 37.3 Å². The van der Waals surface area contributed by atoms with Gasteiger partial charge < -0.3 is 5.11 Å². The number of carbonyl (C=O) groups is 1. The average molecular weight is 244 g/mol. The van der Waals surface area contributed by atoms with Crippen molar-refractivity contribution in [3.8, 4) is 0 Å². The zero-order valence-electron chi connectivity index (χ0n) is 10.9. The lowest BCUT2D eigenvalue weighted by molar-refractivity contribution is -0.145. The van der Waals surface area contributed by atoms with Crippen molar-refractivity contribution < 1.29 is 9.90 Å². The first kappa shape index (κ1) is 11.8. The van der Waals surface area contributed by atoms with Gasteiger partial charge in [0.2, 0.25) is 0 Å². The fraction of sp³-hybridized carbons (Fsp3) is 0.562. The molecular formula is C16H20O2. The van der Waals surface area contributed by atoms with Crippen LogP contribution in [0.15, 0.2) is 36.0 Å². The summed E-state index contributed by atoms with van der Waals surface area (Å²) in [6, 6.07) is 0. The quantitative estimate of drug-likeness (QED) is 0.768. The van der Waals surface area contributed by atoms with Crippen molar-refractivity contribution in [2.24, 2.45) is 16.7 Å². The summed E-state index contributed by atoms with van der Waals surface area (Å²) in [5.41, 5.74) is 0.830. The standard InChI is InChI=1S/C16H20O2/c1-15(14(17)18)6-2-3-13(9-15)11-16-7-4-12(10-16)5-8-16/h2-4,7,9,12H,5-6,8,10-11H2,1H3,(H,17,18). The summed E-state index contributed by atoms with van der Waals surface area (Å²) < 4.78 is 0. The van der Waals surface area contributed by atoms with Gasteiger partial charge in [-0.3, -0.25) is 4.79 Å². The van der Waals surface area contributed by atoms with Crippen LogP contribution in [0.1, 0.15) is 39.0 Å². The van der Waals surface area contributed by atoms with Crippen LogP contribution >= 0.6 is 0 Å². The highest BCUT2D eigenvalue weighted by atomic mass is 16.4. The molecule has 0 spiro atoms. The van der Waals surface area contributed by atoms with E-state index >= 15 is 0 Å². The van der Waals surface area contributed by atoms with Gasteiger partial charge in [0.15, 0.2) is 0 Å². The summed E-state index contributed by atoms with van der Waals surface area (Å²) in [7, 11) is 0. The third kappa shape index (κ3) is 1.84. The Balaban J connectivity index is 1.81. The third-order valence-corrected chi connectivity index (χ3v) is 4.83. The molecule has 18 heavy (non-hydrogen) atoms. The number of fused-ring (bicyclic) bond motifs is 2. The second-order valence-electron chi connectivity index (χ2n) is 6.45. The van der Waals surface area contributed by atoms with Crippen molar-refractivity contribution in [2.45, 2.75) is 39.0 Å². The fourth-order valence-corrected chi connectivity index (χ4v) is 3.71. The normalized spacial score (nSPS) is 41.2. The number of rotatable bonds is 3. The predicted molar refractivity (Wildman–Crippen MR) is 71.1 cm³/mol. The predicted octanol–water partition coefficient (Wildman–Crippen LogP) is 3.71. The molecule has 0 aromatic heterocycles. The van der Waals surface area contributed by atoms with Crippen molar-refractivity contribution in [1.82, 2.24) is 0 Å². The second-order valence-corrected chi connectivity index (χ2v) is 6.45. The lowest BCUT2D eigenvalue weighted by Crippen LogP contribution is -2.27. The molecule has 1 fully saturated rings. The summed E-state index contributed by atoms with van der Waals surface area (Å²) in [5, 5.41) is 9.31. The number of hydrogen-bond donors (Lipinski definition) is 1. The molecular weight excluding hydrogens is 224 g/mol. The van der Waals surface area contributed by atoms with Crippen LogP contribution < -0.4 is 0 Å². The van der Waals surface area contributed by atoms with E-state index in [1.807, 2.05) is 19.1 Å². The van der Waals surface area contributed by atoms with Crippen LogP contribution in [0, 0.1) is 16.7 Å². The number of carboxylic acids is 1. The Morgan fingerprint density at radius 1 is 1.56 bits per heavy atom. The molecule has 0 saturated heterocycles. The number of carboxylic acid groups (broad SMARTS) is 1. The molecule has 0 radical (unpaired) electrons. The zero-order valence-corrected chi connectivity index (χ0v) is 10.9. The Hall–Kier alpha value is -1.31. The SMILES string of the molecule is CC1(C(=O)O)C=C(CC23C=CC(CC2)C3)C=CC1. The Bertz CT molecular complexity index is 471. The molecule has 2 heteroatoms. The summed E-state index contributed by atoms with van der Waals surface area (Å²) in [5.74, 6) is 0.0668. The Morgan fingerprint density at radius 3 is 2.94 bits per heavy atom. The van der Waals surface area contributed by atoms with Crippen LogP contribution in [0.3, 0.4) is 0 Å². The highest BCUT2D eigenvalue weighted by molar-refractivity contribution is 5.77. The van der Waals surface area contributed by atoms with E-state index in [1.165, 1.54) is 24.8 Å². The molecule has 3 aliphatic rings. The van der Waals surface area contributed by atoms with Crippen molar-refractivity contribution in [3.05, 3.63) is 36.0 Å². The molecule has 3 atom stereocenters. The van der Waals surface area contributed by atoms with E-state index in [2.05, 4.69) is 18.2 Å². The van der Waals surface area contributed by atoms with Crippen LogP contribution in [0.5, 0.6) is 0 Å². The van der Waals surface area contributed by atoms with Gasteiger partial charge in [0.05, 0.1) is 5.41 Å². The van der Waals surface area contributed by atoms with Crippen molar-refractivity contribution in [3.63, 3.8) is 0 Å². The van der Waals surface area contributed by atoms with Gasteiger partial charge in [-0.15, -0.1) is 0 Å². The molecule has 0 amide bonds. The van der Waals surface area contributed by atoms with Crippen molar-refractivity contribution >= 4 is 5.97 Å². The van der Waals surface area contributed by atoms with E-state index in [0.717, 1.165) is 12.3 Å². The third-order valence-electron chi connectivity index (χ3n) is 4.83. The molecule has 0 aromatic rings. The van der Waals surface area contributed by atoms with Gasteiger partial charge in [0.25, 0.3) is 0 Å². The minimum atomic E-state index is -0.715. The average Bonchev–Trinajstić information content (AvgIpc) is 2.88. The van der Waals surface area contributed by atoms with Gasteiger partial charge in [0.1, 0.15) is 0 Å². The number of allylic oxidation sites excluding steroid dienone is 5. The first-order valence-electron chi connectivity index (χ1n) is 6.82. The van der Waals surface area contributed by atoms with Gasteiger partial charge in [0, 0.05) is 0 Å². The molecule has 0 aromatic carbocycles. The van der Waals surface area contributed by atoms with Gasteiger partial charge in [-0.1, -0.05) is 36.0 Å². The Labute approximate surface area is 108 Å². The zero-order chi connectivity index (χ0) is 12.8. The van der Waals surface area contributed by atoms with Crippen LogP contribution in [-0.2, 0) is 4.79 Å². The number of hydrogen-bond acceptors (Lipinski definition) is 1. The molecule has 3 aliphatic carbocycles. The first-order valence-corrected chi connectivity index (χ1v) is 6.82. The van der Waals surface area contributed by atoms with Crippen LogP contribution in [0.2, 0.25) is 0 Å². The highest BCUT2D eigenvalue weighted by Gasteiger charge is 2.41. The number of aliphatic carboxylic acids is 1. The lowest BCUT2D eigenvalue weighted by atomic mass is 9.75.